The van der Waals surface area contributed by atoms with Gasteiger partial charge in [0, 0.05) is 58.0 Å². The number of ether oxygens (including phenoxy) is 1. The fourth-order valence-corrected chi connectivity index (χ4v) is 4.53. The van der Waals surface area contributed by atoms with Crippen LogP contribution in [-0.4, -0.2) is 106 Å². The van der Waals surface area contributed by atoms with Gasteiger partial charge in [-0.15, -0.1) is 0 Å². The standard InChI is InChI=1S/C23H37N5O2/c1-25-10-12-26(13-11-25)18-23(29)28-16-14-27(15-17-28)21-2-4-22(5-3-21)30-19-20-6-8-24-9-7-20/h2-5,20,24H,6-19H2,1H3. The number of anilines is 1. The molecule has 0 aromatic heterocycles. The normalized spacial score (nSPS) is 22.3. The number of hydrogen-bond donors (Lipinski definition) is 1. The van der Waals surface area contributed by atoms with Crippen molar-refractivity contribution in [2.24, 2.45) is 5.92 Å². The largest absolute Gasteiger partial charge is 0.493 e. The van der Waals surface area contributed by atoms with E-state index in [0.717, 1.165) is 77.8 Å². The summed E-state index contributed by atoms with van der Waals surface area (Å²) in [6.07, 6.45) is 2.41. The number of benzene rings is 1. The molecular formula is C23H37N5O2. The summed E-state index contributed by atoms with van der Waals surface area (Å²) < 4.78 is 6.01. The molecule has 1 amide bonds. The van der Waals surface area contributed by atoms with Crippen LogP contribution in [0.5, 0.6) is 5.75 Å². The summed E-state index contributed by atoms with van der Waals surface area (Å²) in [6, 6.07) is 8.47. The third kappa shape index (κ3) is 5.86. The van der Waals surface area contributed by atoms with Crippen LogP contribution in [0.2, 0.25) is 0 Å². The topological polar surface area (TPSA) is 51.3 Å². The minimum Gasteiger partial charge on any atom is -0.493 e. The maximum Gasteiger partial charge on any atom is 0.236 e. The molecule has 0 atom stereocenters. The molecule has 166 valence electrons. The van der Waals surface area contributed by atoms with E-state index in [4.69, 9.17) is 4.74 Å². The highest BCUT2D eigenvalue weighted by atomic mass is 16.5. The summed E-state index contributed by atoms with van der Waals surface area (Å²) in [5.41, 5.74) is 1.22. The molecule has 0 saturated carbocycles. The molecule has 3 aliphatic heterocycles. The highest BCUT2D eigenvalue weighted by Crippen LogP contribution is 2.22. The first kappa shape index (κ1) is 21.4. The zero-order valence-electron chi connectivity index (χ0n) is 18.4. The third-order valence-corrected chi connectivity index (χ3v) is 6.73. The van der Waals surface area contributed by atoms with Crippen LogP contribution in [-0.2, 0) is 4.79 Å². The van der Waals surface area contributed by atoms with Gasteiger partial charge in [0.15, 0.2) is 0 Å². The lowest BCUT2D eigenvalue weighted by atomic mass is 9.99. The van der Waals surface area contributed by atoms with Crippen LogP contribution in [0.4, 0.5) is 5.69 Å². The van der Waals surface area contributed by atoms with Gasteiger partial charge in [-0.2, -0.15) is 0 Å². The first-order valence-corrected chi connectivity index (χ1v) is 11.5. The zero-order chi connectivity index (χ0) is 20.8. The lowest BCUT2D eigenvalue weighted by Crippen LogP contribution is -2.53. The Morgan fingerprint density at radius 1 is 0.967 bits per heavy atom. The Balaban J connectivity index is 1.19. The molecule has 3 saturated heterocycles. The molecular weight excluding hydrogens is 378 g/mol. The van der Waals surface area contributed by atoms with Crippen molar-refractivity contribution in [2.45, 2.75) is 12.8 Å². The van der Waals surface area contributed by atoms with E-state index in [1.54, 1.807) is 0 Å². The van der Waals surface area contributed by atoms with Crippen LogP contribution in [0.25, 0.3) is 0 Å². The molecule has 3 fully saturated rings. The van der Waals surface area contributed by atoms with Crippen molar-refractivity contribution in [1.82, 2.24) is 20.0 Å². The van der Waals surface area contributed by atoms with E-state index in [9.17, 15) is 4.79 Å². The van der Waals surface area contributed by atoms with E-state index >= 15 is 0 Å². The SMILES string of the molecule is CN1CCN(CC(=O)N2CCN(c3ccc(OCC4CCNCC4)cc3)CC2)CC1. The van der Waals surface area contributed by atoms with Crippen molar-refractivity contribution in [2.75, 3.05) is 90.5 Å². The predicted octanol–water partition coefficient (Wildman–Crippen LogP) is 0.961. The average Bonchev–Trinajstić information content (AvgIpc) is 2.80. The zero-order valence-corrected chi connectivity index (χ0v) is 18.4. The Morgan fingerprint density at radius 3 is 2.30 bits per heavy atom. The average molecular weight is 416 g/mol. The van der Waals surface area contributed by atoms with Crippen LogP contribution < -0.4 is 15.0 Å². The van der Waals surface area contributed by atoms with Crippen LogP contribution >= 0.6 is 0 Å². The lowest BCUT2D eigenvalue weighted by Gasteiger charge is -2.38. The highest BCUT2D eigenvalue weighted by Gasteiger charge is 2.24. The number of piperidine rings is 1. The number of carbonyl (C=O) groups is 1. The smallest absolute Gasteiger partial charge is 0.236 e. The molecule has 0 bridgehead atoms. The summed E-state index contributed by atoms with van der Waals surface area (Å²) >= 11 is 0. The first-order valence-electron chi connectivity index (χ1n) is 11.5. The van der Waals surface area contributed by atoms with Crippen LogP contribution in [0, 0.1) is 5.92 Å². The van der Waals surface area contributed by atoms with Gasteiger partial charge in [-0.3, -0.25) is 9.69 Å². The lowest BCUT2D eigenvalue weighted by molar-refractivity contribution is -0.133. The fourth-order valence-electron chi connectivity index (χ4n) is 4.53. The van der Waals surface area contributed by atoms with Gasteiger partial charge in [-0.1, -0.05) is 0 Å². The van der Waals surface area contributed by atoms with Crippen molar-refractivity contribution < 1.29 is 9.53 Å². The number of hydrogen-bond acceptors (Lipinski definition) is 6. The van der Waals surface area contributed by atoms with Gasteiger partial charge in [0.2, 0.25) is 5.91 Å². The van der Waals surface area contributed by atoms with E-state index in [2.05, 4.69) is 51.3 Å². The molecule has 3 aliphatic rings. The molecule has 4 rings (SSSR count). The molecule has 1 aromatic rings. The predicted molar refractivity (Wildman–Crippen MR) is 120 cm³/mol. The molecule has 1 N–H and O–H groups in total. The monoisotopic (exact) mass is 415 g/mol. The van der Waals surface area contributed by atoms with Crippen LogP contribution in [0.1, 0.15) is 12.8 Å². The van der Waals surface area contributed by atoms with Gasteiger partial charge in [0.25, 0.3) is 0 Å². The molecule has 1 aromatic carbocycles. The summed E-state index contributed by atoms with van der Waals surface area (Å²) in [5.74, 6) is 1.90. The quantitative estimate of drug-likeness (QED) is 0.747. The van der Waals surface area contributed by atoms with E-state index in [1.807, 2.05) is 4.90 Å². The van der Waals surface area contributed by atoms with Crippen LogP contribution in [0.3, 0.4) is 0 Å². The molecule has 0 spiro atoms. The first-order chi connectivity index (χ1) is 14.7. The molecule has 0 radical (unpaired) electrons. The summed E-state index contributed by atoms with van der Waals surface area (Å²) in [4.78, 5) is 21.7. The van der Waals surface area contributed by atoms with Crippen molar-refractivity contribution in [3.63, 3.8) is 0 Å². The molecule has 3 heterocycles. The number of nitrogens with one attached hydrogen (secondary N) is 1. The minimum atomic E-state index is 0.279. The Bertz CT molecular complexity index is 661. The van der Waals surface area contributed by atoms with Crippen molar-refractivity contribution >= 4 is 11.6 Å². The summed E-state index contributed by atoms with van der Waals surface area (Å²) in [5, 5.41) is 3.40. The Morgan fingerprint density at radius 2 is 1.63 bits per heavy atom. The van der Waals surface area contributed by atoms with E-state index in [1.165, 1.54) is 18.5 Å². The molecule has 30 heavy (non-hydrogen) atoms. The van der Waals surface area contributed by atoms with Crippen LogP contribution in [0.15, 0.2) is 24.3 Å². The van der Waals surface area contributed by atoms with Crippen molar-refractivity contribution in [3.05, 3.63) is 24.3 Å². The third-order valence-electron chi connectivity index (χ3n) is 6.73. The number of carbonyl (C=O) groups excluding carboxylic acids is 1. The van der Waals surface area contributed by atoms with Gasteiger partial charge in [-0.25, -0.2) is 0 Å². The van der Waals surface area contributed by atoms with E-state index < -0.39 is 0 Å². The second kappa shape index (κ2) is 10.5. The van der Waals surface area contributed by atoms with Crippen molar-refractivity contribution in [3.8, 4) is 5.75 Å². The second-order valence-corrected chi connectivity index (χ2v) is 8.95. The molecule has 7 heteroatoms. The number of piperazine rings is 2. The van der Waals surface area contributed by atoms with Crippen molar-refractivity contribution in [1.29, 1.82) is 0 Å². The summed E-state index contributed by atoms with van der Waals surface area (Å²) in [6.45, 7) is 11.1. The number of rotatable bonds is 6. The number of nitrogens with zero attached hydrogens (tertiary/aromatic N) is 4. The molecule has 0 unspecified atom stereocenters. The minimum absolute atomic E-state index is 0.279. The molecule has 0 aliphatic carbocycles. The van der Waals surface area contributed by atoms with Gasteiger partial charge in [-0.05, 0) is 63.2 Å². The number of amides is 1. The highest BCUT2D eigenvalue weighted by molar-refractivity contribution is 5.78. The summed E-state index contributed by atoms with van der Waals surface area (Å²) in [7, 11) is 2.14. The number of likely N-dealkylation sites (N-methyl/N-ethyl adjacent to an activating group) is 1. The maximum atomic E-state index is 12.7. The Kier molecular flexibility index (Phi) is 7.47. The van der Waals surface area contributed by atoms with E-state index in [-0.39, 0.29) is 5.91 Å². The van der Waals surface area contributed by atoms with Gasteiger partial charge in [0.05, 0.1) is 13.2 Å². The Labute approximate surface area is 180 Å². The Hall–Kier alpha value is -1.83. The fraction of sp³-hybridized carbons (Fsp3) is 0.696. The van der Waals surface area contributed by atoms with Gasteiger partial charge in [0.1, 0.15) is 5.75 Å². The second-order valence-electron chi connectivity index (χ2n) is 8.95. The van der Waals surface area contributed by atoms with Gasteiger partial charge < -0.3 is 24.8 Å². The van der Waals surface area contributed by atoms with Gasteiger partial charge >= 0.3 is 0 Å². The molecule has 7 nitrogen and oxygen atoms in total. The van der Waals surface area contributed by atoms with E-state index in [0.29, 0.717) is 12.5 Å². The maximum absolute atomic E-state index is 12.7.